The van der Waals surface area contributed by atoms with Gasteiger partial charge in [0.15, 0.2) is 0 Å². The predicted octanol–water partition coefficient (Wildman–Crippen LogP) is -0.118. The van der Waals surface area contributed by atoms with Gasteiger partial charge in [0.1, 0.15) is 4.32 Å². The number of nitrogens with zero attached hydrogens (tertiary/aromatic N) is 1. The molecule has 0 bridgehead atoms. The summed E-state index contributed by atoms with van der Waals surface area (Å²) in [6, 6.07) is 7.55. The van der Waals surface area contributed by atoms with E-state index >= 15 is 0 Å². The summed E-state index contributed by atoms with van der Waals surface area (Å²) in [6.07, 6.45) is 1.06. The Hall–Kier alpha value is -2.19. The molecule has 0 aliphatic carbocycles. The van der Waals surface area contributed by atoms with E-state index in [1.165, 1.54) is 0 Å². The van der Waals surface area contributed by atoms with Crippen molar-refractivity contribution in [1.29, 1.82) is 0 Å². The van der Waals surface area contributed by atoms with Crippen LogP contribution in [0.5, 0.6) is 0 Å². The number of carbonyl (C=O) groups excluding carboxylic acids is 3. The molecule has 8 heteroatoms. The highest BCUT2D eigenvalue weighted by molar-refractivity contribution is 8.26. The summed E-state index contributed by atoms with van der Waals surface area (Å²) >= 11 is 6.02. The van der Waals surface area contributed by atoms with E-state index in [-0.39, 0.29) is 9.23 Å². The van der Waals surface area contributed by atoms with Crippen molar-refractivity contribution in [2.24, 2.45) is 5.73 Å². The number of benzene rings is 1. The fourth-order valence-corrected chi connectivity index (χ4v) is 3.28. The first kappa shape index (κ1) is 16.2. The van der Waals surface area contributed by atoms with Crippen molar-refractivity contribution >= 4 is 52.2 Å². The molecule has 1 aliphatic rings. The second kappa shape index (κ2) is 6.71. The molecule has 0 aromatic heterocycles. The third-order valence-electron chi connectivity index (χ3n) is 2.90. The fourth-order valence-electron chi connectivity index (χ4n) is 1.92. The highest BCUT2D eigenvalue weighted by atomic mass is 32.2. The highest BCUT2D eigenvalue weighted by Crippen LogP contribution is 2.34. The van der Waals surface area contributed by atoms with Crippen molar-refractivity contribution in [3.8, 4) is 0 Å². The third kappa shape index (κ3) is 3.52. The summed E-state index contributed by atoms with van der Waals surface area (Å²) in [7, 11) is 0. The van der Waals surface area contributed by atoms with Crippen LogP contribution < -0.4 is 10.8 Å². The number of carboxylic acid groups (broad SMARTS) is 1. The summed E-state index contributed by atoms with van der Waals surface area (Å²) in [6.45, 7) is 0. The van der Waals surface area contributed by atoms with Crippen molar-refractivity contribution in [3.63, 3.8) is 0 Å². The number of thioether (sulfide) groups is 1. The van der Waals surface area contributed by atoms with E-state index in [1.54, 1.807) is 18.2 Å². The van der Waals surface area contributed by atoms with Crippen LogP contribution in [-0.2, 0) is 14.4 Å². The first-order valence-corrected chi connectivity index (χ1v) is 7.44. The SMILES string of the molecule is NC(=O)C[C@@H](C(=O)[O-])N1C(=O)/C(=C/c2ccccc2)SC1=S. The van der Waals surface area contributed by atoms with Crippen LogP contribution in [-0.4, -0.2) is 33.0 Å². The molecule has 1 saturated heterocycles. The molecule has 6 nitrogen and oxygen atoms in total. The van der Waals surface area contributed by atoms with Crippen LogP contribution in [0.1, 0.15) is 12.0 Å². The molecule has 22 heavy (non-hydrogen) atoms. The van der Waals surface area contributed by atoms with Gasteiger partial charge in [-0.05, 0) is 11.6 Å². The monoisotopic (exact) mass is 335 g/mol. The van der Waals surface area contributed by atoms with Crippen LogP contribution in [0.15, 0.2) is 35.2 Å². The molecular formula is C14H11N2O4S2-. The largest absolute Gasteiger partial charge is 0.548 e. The smallest absolute Gasteiger partial charge is 0.266 e. The Morgan fingerprint density at radius 3 is 2.55 bits per heavy atom. The molecule has 1 heterocycles. The normalized spacial score (nSPS) is 17.8. The van der Waals surface area contributed by atoms with E-state index in [0.717, 1.165) is 22.2 Å². The van der Waals surface area contributed by atoms with Gasteiger partial charge in [0, 0.05) is 0 Å². The summed E-state index contributed by atoms with van der Waals surface area (Å²) in [5.41, 5.74) is 5.80. The zero-order valence-corrected chi connectivity index (χ0v) is 12.9. The van der Waals surface area contributed by atoms with Gasteiger partial charge < -0.3 is 15.6 Å². The molecule has 0 radical (unpaired) electrons. The number of thiocarbonyl (C=S) groups is 1. The van der Waals surface area contributed by atoms with Gasteiger partial charge in [0.05, 0.1) is 23.3 Å². The molecule has 1 aromatic rings. The lowest BCUT2D eigenvalue weighted by molar-refractivity contribution is -0.310. The number of primary amides is 1. The highest BCUT2D eigenvalue weighted by Gasteiger charge is 2.38. The van der Waals surface area contributed by atoms with Crippen molar-refractivity contribution in [3.05, 3.63) is 40.8 Å². The van der Waals surface area contributed by atoms with Crippen LogP contribution in [0.3, 0.4) is 0 Å². The fraction of sp³-hybridized carbons (Fsp3) is 0.143. The lowest BCUT2D eigenvalue weighted by Gasteiger charge is -2.26. The quantitative estimate of drug-likeness (QED) is 0.594. The average Bonchev–Trinajstić information content (AvgIpc) is 2.72. The maximum Gasteiger partial charge on any atom is 0.266 e. The Morgan fingerprint density at radius 1 is 1.36 bits per heavy atom. The summed E-state index contributed by atoms with van der Waals surface area (Å²) in [5.74, 6) is -3.00. The molecule has 1 atom stereocenters. The van der Waals surface area contributed by atoms with Crippen molar-refractivity contribution in [2.45, 2.75) is 12.5 Å². The molecule has 0 unspecified atom stereocenters. The maximum absolute atomic E-state index is 12.4. The average molecular weight is 335 g/mol. The Kier molecular flexibility index (Phi) is 4.94. The molecule has 1 aliphatic heterocycles. The van der Waals surface area contributed by atoms with Crippen molar-refractivity contribution in [1.82, 2.24) is 4.90 Å². The van der Waals surface area contributed by atoms with Gasteiger partial charge in [-0.3, -0.25) is 14.5 Å². The maximum atomic E-state index is 12.4. The second-order valence-corrected chi connectivity index (χ2v) is 6.14. The second-order valence-electron chi connectivity index (χ2n) is 4.47. The van der Waals surface area contributed by atoms with E-state index in [0.29, 0.717) is 0 Å². The van der Waals surface area contributed by atoms with E-state index in [9.17, 15) is 19.5 Å². The van der Waals surface area contributed by atoms with Gasteiger partial charge in [0.2, 0.25) is 5.91 Å². The van der Waals surface area contributed by atoms with Crippen LogP contribution >= 0.6 is 24.0 Å². The van der Waals surface area contributed by atoms with Gasteiger partial charge in [-0.15, -0.1) is 0 Å². The van der Waals surface area contributed by atoms with Crippen molar-refractivity contribution in [2.75, 3.05) is 0 Å². The van der Waals surface area contributed by atoms with Gasteiger partial charge in [-0.1, -0.05) is 54.3 Å². The molecule has 0 spiro atoms. The van der Waals surface area contributed by atoms with Crippen LogP contribution in [0.4, 0.5) is 0 Å². The number of aliphatic carboxylic acids is 1. The molecule has 1 aromatic carbocycles. The summed E-state index contributed by atoms with van der Waals surface area (Å²) in [4.78, 5) is 35.7. The van der Waals surface area contributed by atoms with Gasteiger partial charge >= 0.3 is 0 Å². The van der Waals surface area contributed by atoms with Gasteiger partial charge in [-0.25, -0.2) is 0 Å². The number of hydrogen-bond donors (Lipinski definition) is 1. The minimum absolute atomic E-state index is 0.0580. The standard InChI is InChI=1S/C14H12N2O4S2/c15-11(17)7-9(13(19)20)16-12(18)10(22-14(16)21)6-8-4-2-1-3-5-8/h1-6,9H,7H2,(H2,15,17)(H,19,20)/p-1/b10-6-/t9-/m0/s1. The molecular weight excluding hydrogens is 324 g/mol. The molecule has 1 fully saturated rings. The minimum Gasteiger partial charge on any atom is -0.548 e. The minimum atomic E-state index is -1.57. The summed E-state index contributed by atoms with van der Waals surface area (Å²) in [5, 5.41) is 11.2. The number of rotatable bonds is 5. The first-order valence-electron chi connectivity index (χ1n) is 6.21. The Bertz CT molecular complexity index is 673. The number of carbonyl (C=O) groups is 3. The lowest BCUT2D eigenvalue weighted by atomic mass is 10.1. The molecule has 2 amide bonds. The third-order valence-corrected chi connectivity index (χ3v) is 4.23. The zero-order chi connectivity index (χ0) is 16.3. The van der Waals surface area contributed by atoms with Crippen molar-refractivity contribution < 1.29 is 19.5 Å². The topological polar surface area (TPSA) is 104 Å². The Morgan fingerprint density at radius 2 is 2.00 bits per heavy atom. The lowest BCUT2D eigenvalue weighted by Crippen LogP contribution is -2.51. The Balaban J connectivity index is 2.30. The zero-order valence-electron chi connectivity index (χ0n) is 11.2. The van der Waals surface area contributed by atoms with Gasteiger partial charge in [0.25, 0.3) is 5.91 Å². The van der Waals surface area contributed by atoms with E-state index < -0.39 is 30.2 Å². The van der Waals surface area contributed by atoms with Crippen LogP contribution in [0, 0.1) is 0 Å². The Labute approximate surface area is 136 Å². The molecule has 2 N–H and O–H groups in total. The number of amides is 2. The van der Waals surface area contributed by atoms with E-state index in [4.69, 9.17) is 18.0 Å². The van der Waals surface area contributed by atoms with E-state index in [1.807, 2.05) is 18.2 Å². The molecule has 114 valence electrons. The predicted molar refractivity (Wildman–Crippen MR) is 84.1 cm³/mol. The number of nitrogens with two attached hydrogens (primary N) is 1. The molecule has 2 rings (SSSR count). The number of hydrogen-bond acceptors (Lipinski definition) is 6. The van der Waals surface area contributed by atoms with E-state index in [2.05, 4.69) is 0 Å². The van der Waals surface area contributed by atoms with Crippen LogP contribution in [0.2, 0.25) is 0 Å². The summed E-state index contributed by atoms with van der Waals surface area (Å²) < 4.78 is 0.0580. The molecule has 0 saturated carbocycles. The van der Waals surface area contributed by atoms with Crippen LogP contribution in [0.25, 0.3) is 6.08 Å². The first-order chi connectivity index (χ1) is 10.4. The van der Waals surface area contributed by atoms with Gasteiger partial charge in [-0.2, -0.15) is 0 Å². The number of carboxylic acids is 1.